The number of hydrogen-bond acceptors (Lipinski definition) is 4. The molecule has 0 aliphatic carbocycles. The molecule has 0 radical (unpaired) electrons. The summed E-state index contributed by atoms with van der Waals surface area (Å²) in [6, 6.07) is -0.919. The summed E-state index contributed by atoms with van der Waals surface area (Å²) in [4.78, 5) is 10.6. The molecule has 0 saturated heterocycles. The maximum atomic E-state index is 10.6. The lowest BCUT2D eigenvalue weighted by atomic mass is 9.99. The number of hydrogen-bond donors (Lipinski definition) is 3. The van der Waals surface area contributed by atoms with Gasteiger partial charge in [0.25, 0.3) is 0 Å². The Morgan fingerprint density at radius 2 is 1.88 bits per heavy atom. The molecule has 0 aliphatic rings. The molecule has 0 aromatic carbocycles. The molecule has 1 atom stereocenters. The van der Waals surface area contributed by atoms with Gasteiger partial charge in [0, 0.05) is 6.42 Å². The molecule has 0 aliphatic heterocycles. The van der Waals surface area contributed by atoms with Gasteiger partial charge < -0.3 is 20.7 Å². The molecular formula is C11H23NO4. The van der Waals surface area contributed by atoms with Crippen molar-refractivity contribution in [1.82, 2.24) is 0 Å². The van der Waals surface area contributed by atoms with Crippen LogP contribution in [0.25, 0.3) is 0 Å². The molecule has 16 heavy (non-hydrogen) atoms. The van der Waals surface area contributed by atoms with Crippen LogP contribution in [0.1, 0.15) is 40.5 Å². The highest BCUT2D eigenvalue weighted by Gasteiger charge is 2.26. The third-order valence-electron chi connectivity index (χ3n) is 2.24. The zero-order valence-corrected chi connectivity index (χ0v) is 10.5. The van der Waals surface area contributed by atoms with Crippen LogP contribution in [0.5, 0.6) is 0 Å². The Balaban J connectivity index is 4.01. The average Bonchev–Trinajstić information content (AvgIpc) is 1.99. The monoisotopic (exact) mass is 233 g/mol. The van der Waals surface area contributed by atoms with E-state index in [4.69, 9.17) is 15.6 Å². The number of rotatable bonds is 7. The summed E-state index contributed by atoms with van der Waals surface area (Å²) >= 11 is 0. The van der Waals surface area contributed by atoms with Crippen molar-refractivity contribution in [2.75, 3.05) is 6.61 Å². The first kappa shape index (κ1) is 15.3. The molecule has 0 aromatic heterocycles. The molecule has 5 heteroatoms. The van der Waals surface area contributed by atoms with Crippen LogP contribution < -0.4 is 5.73 Å². The first-order valence-electron chi connectivity index (χ1n) is 5.38. The maximum absolute atomic E-state index is 10.6. The Morgan fingerprint density at radius 1 is 1.38 bits per heavy atom. The van der Waals surface area contributed by atoms with E-state index in [1.807, 2.05) is 0 Å². The van der Waals surface area contributed by atoms with Gasteiger partial charge >= 0.3 is 5.97 Å². The lowest BCUT2D eigenvalue weighted by Crippen LogP contribution is -2.40. The van der Waals surface area contributed by atoms with Crippen LogP contribution in [0.2, 0.25) is 0 Å². The van der Waals surface area contributed by atoms with Crippen LogP contribution in [0, 0.1) is 0 Å². The van der Waals surface area contributed by atoms with Crippen LogP contribution >= 0.6 is 0 Å². The number of ether oxygens (including phenoxy) is 1. The third-order valence-corrected chi connectivity index (χ3v) is 2.24. The van der Waals surface area contributed by atoms with Crippen molar-refractivity contribution in [1.29, 1.82) is 0 Å². The number of carboxylic acids is 1. The van der Waals surface area contributed by atoms with Gasteiger partial charge in [-0.25, -0.2) is 0 Å². The van der Waals surface area contributed by atoms with Gasteiger partial charge in [-0.2, -0.15) is 0 Å². The Kier molecular flexibility index (Phi) is 5.38. The van der Waals surface area contributed by atoms with Gasteiger partial charge in [-0.05, 0) is 34.1 Å². The molecule has 96 valence electrons. The van der Waals surface area contributed by atoms with Gasteiger partial charge in [-0.15, -0.1) is 0 Å². The van der Waals surface area contributed by atoms with E-state index in [-0.39, 0.29) is 6.42 Å². The van der Waals surface area contributed by atoms with Gasteiger partial charge in [0.15, 0.2) is 0 Å². The zero-order valence-electron chi connectivity index (χ0n) is 10.5. The van der Waals surface area contributed by atoms with Gasteiger partial charge in [0.05, 0.1) is 17.8 Å². The van der Waals surface area contributed by atoms with Gasteiger partial charge in [-0.3, -0.25) is 4.79 Å². The Morgan fingerprint density at radius 3 is 2.25 bits per heavy atom. The van der Waals surface area contributed by atoms with Crippen LogP contribution in [0.15, 0.2) is 0 Å². The predicted octanol–water partition coefficient (Wildman–Crippen LogP) is 0.745. The molecule has 4 N–H and O–H groups in total. The van der Waals surface area contributed by atoms with E-state index in [1.165, 1.54) is 0 Å². The maximum Gasteiger partial charge on any atom is 0.320 e. The van der Waals surface area contributed by atoms with E-state index in [0.717, 1.165) is 0 Å². The fourth-order valence-electron chi connectivity index (χ4n) is 1.25. The summed E-state index contributed by atoms with van der Waals surface area (Å²) in [6.45, 7) is 7.36. The van der Waals surface area contributed by atoms with Crippen molar-refractivity contribution in [2.45, 2.75) is 57.8 Å². The summed E-state index contributed by atoms with van der Waals surface area (Å²) in [6.07, 6.45) is 0.743. The third kappa shape index (κ3) is 7.62. The number of carbonyl (C=O) groups is 1. The fraction of sp³-hybridized carbons (Fsp3) is 0.909. The van der Waals surface area contributed by atoms with Crippen molar-refractivity contribution >= 4 is 5.97 Å². The molecule has 0 spiro atoms. The molecule has 0 amide bonds. The first-order valence-corrected chi connectivity index (χ1v) is 5.38. The second-order valence-electron chi connectivity index (χ2n) is 5.32. The van der Waals surface area contributed by atoms with Crippen molar-refractivity contribution in [2.24, 2.45) is 5.73 Å². The van der Waals surface area contributed by atoms with E-state index in [1.54, 1.807) is 27.7 Å². The lowest BCUT2D eigenvalue weighted by molar-refractivity contribution is -0.141. The summed E-state index contributed by atoms with van der Waals surface area (Å²) in [5.41, 5.74) is 4.06. The highest BCUT2D eigenvalue weighted by atomic mass is 16.5. The second-order valence-corrected chi connectivity index (χ2v) is 5.32. The van der Waals surface area contributed by atoms with Crippen LogP contribution in [-0.2, 0) is 9.53 Å². The molecule has 0 bridgehead atoms. The number of carboxylic acid groups (broad SMARTS) is 1. The van der Waals surface area contributed by atoms with E-state index in [9.17, 15) is 9.90 Å². The van der Waals surface area contributed by atoms with E-state index in [2.05, 4.69) is 0 Å². The number of aliphatic hydroxyl groups is 1. The largest absolute Gasteiger partial charge is 0.480 e. The van der Waals surface area contributed by atoms with Crippen molar-refractivity contribution < 1.29 is 19.7 Å². The van der Waals surface area contributed by atoms with Crippen LogP contribution in [0.4, 0.5) is 0 Å². The van der Waals surface area contributed by atoms with Crippen molar-refractivity contribution in [3.05, 3.63) is 0 Å². The minimum absolute atomic E-state index is 0.244. The molecular weight excluding hydrogens is 210 g/mol. The Bertz CT molecular complexity index is 233. The highest BCUT2D eigenvalue weighted by molar-refractivity contribution is 5.73. The summed E-state index contributed by atoms with van der Waals surface area (Å²) < 4.78 is 5.52. The quantitative estimate of drug-likeness (QED) is 0.603. The lowest BCUT2D eigenvalue weighted by Gasteiger charge is -2.28. The minimum atomic E-state index is -1.03. The van der Waals surface area contributed by atoms with E-state index >= 15 is 0 Å². The Labute approximate surface area is 96.6 Å². The van der Waals surface area contributed by atoms with Gasteiger partial charge in [0.1, 0.15) is 6.04 Å². The normalized spacial score (nSPS) is 14.9. The van der Waals surface area contributed by atoms with Crippen molar-refractivity contribution in [3.8, 4) is 0 Å². The molecule has 0 heterocycles. The van der Waals surface area contributed by atoms with Crippen molar-refractivity contribution in [3.63, 3.8) is 0 Å². The standard InChI is InChI=1S/C11H23NO4/c1-10(2,15)5-6-16-11(3,4)7-8(12)9(13)14/h8,15H,5-7,12H2,1-4H3,(H,13,14). The minimum Gasteiger partial charge on any atom is -0.480 e. The topological polar surface area (TPSA) is 92.8 Å². The Hall–Kier alpha value is -0.650. The zero-order chi connectivity index (χ0) is 13.0. The molecule has 1 unspecified atom stereocenters. The molecule has 0 aromatic rings. The predicted molar refractivity (Wildman–Crippen MR) is 61.2 cm³/mol. The summed E-state index contributed by atoms with van der Waals surface area (Å²) in [5.74, 6) is -1.03. The highest BCUT2D eigenvalue weighted by Crippen LogP contribution is 2.18. The molecule has 0 saturated carbocycles. The van der Waals surface area contributed by atoms with Gasteiger partial charge in [-0.1, -0.05) is 0 Å². The van der Waals surface area contributed by atoms with Crippen LogP contribution in [0.3, 0.4) is 0 Å². The molecule has 5 nitrogen and oxygen atoms in total. The van der Waals surface area contributed by atoms with E-state index < -0.39 is 23.2 Å². The molecule has 0 fully saturated rings. The smallest absolute Gasteiger partial charge is 0.320 e. The summed E-state index contributed by atoms with van der Waals surface area (Å²) in [5, 5.41) is 18.2. The van der Waals surface area contributed by atoms with Crippen LogP contribution in [-0.4, -0.2) is 40.0 Å². The summed E-state index contributed by atoms with van der Waals surface area (Å²) in [7, 11) is 0. The average molecular weight is 233 g/mol. The number of nitrogens with two attached hydrogens (primary N) is 1. The fourth-order valence-corrected chi connectivity index (χ4v) is 1.25. The van der Waals surface area contributed by atoms with E-state index in [0.29, 0.717) is 13.0 Å². The van der Waals surface area contributed by atoms with Gasteiger partial charge in [0.2, 0.25) is 0 Å². The molecule has 0 rings (SSSR count). The first-order chi connectivity index (χ1) is 7.03. The second kappa shape index (κ2) is 5.61. The number of aliphatic carboxylic acids is 1. The SMILES string of the molecule is CC(C)(O)CCOC(C)(C)CC(N)C(=O)O.